The SMILES string of the molecule is Cc1ccc([C@@H]2CC(c3cccs3)=NN2C(=O)CSc2nnc(CNC(=O)Cc3ccccc3)n2-c2cccc(C)c2)cc1. The number of hydrogen-bond donors (Lipinski definition) is 1. The second-order valence-corrected chi connectivity index (χ2v) is 12.6. The molecule has 1 atom stereocenters. The van der Waals surface area contributed by atoms with Crippen molar-refractivity contribution in [3.63, 3.8) is 0 Å². The van der Waals surface area contributed by atoms with Crippen molar-refractivity contribution in [2.75, 3.05) is 5.75 Å². The molecule has 2 aromatic heterocycles. The number of thioether (sulfide) groups is 1. The van der Waals surface area contributed by atoms with E-state index in [1.54, 1.807) is 16.3 Å². The number of rotatable bonds is 10. The normalized spacial score (nSPS) is 14.5. The van der Waals surface area contributed by atoms with Crippen LogP contribution in [0.15, 0.2) is 107 Å². The fourth-order valence-electron chi connectivity index (χ4n) is 5.13. The number of amides is 2. The molecule has 5 aromatic rings. The molecule has 0 bridgehead atoms. The van der Waals surface area contributed by atoms with Crippen molar-refractivity contribution in [1.29, 1.82) is 0 Å². The first kappa shape index (κ1) is 29.5. The summed E-state index contributed by atoms with van der Waals surface area (Å²) >= 11 is 2.95. The van der Waals surface area contributed by atoms with E-state index in [9.17, 15) is 9.59 Å². The molecule has 1 aliphatic rings. The standard InChI is InChI=1S/C34H32N6O2S2/c1-23-13-15-26(16-14-23)29-20-28(30-12-7-17-43-30)38-40(29)33(42)22-44-34-37-36-31(39(34)27-11-6-8-24(2)18-27)21-35-32(41)19-25-9-4-3-5-10-25/h3-18,29H,19-22H2,1-2H3,(H,35,41)/t29-/m0/s1. The van der Waals surface area contributed by atoms with Gasteiger partial charge in [-0.3, -0.25) is 14.2 Å². The van der Waals surface area contributed by atoms with Crippen LogP contribution in [0.25, 0.3) is 5.69 Å². The van der Waals surface area contributed by atoms with Crippen LogP contribution in [0.2, 0.25) is 0 Å². The maximum atomic E-state index is 13.8. The number of carbonyl (C=O) groups excluding carboxylic acids is 2. The van der Waals surface area contributed by atoms with E-state index in [2.05, 4.69) is 46.7 Å². The summed E-state index contributed by atoms with van der Waals surface area (Å²) < 4.78 is 1.91. The molecule has 8 nitrogen and oxygen atoms in total. The Labute approximate surface area is 264 Å². The lowest BCUT2D eigenvalue weighted by molar-refractivity contribution is -0.130. The molecule has 0 saturated carbocycles. The van der Waals surface area contributed by atoms with Crippen molar-refractivity contribution in [3.8, 4) is 5.69 Å². The van der Waals surface area contributed by atoms with E-state index in [0.29, 0.717) is 17.4 Å². The second-order valence-electron chi connectivity index (χ2n) is 10.7. The van der Waals surface area contributed by atoms with Crippen LogP contribution in [0.4, 0.5) is 0 Å². The Morgan fingerprint density at radius 2 is 1.75 bits per heavy atom. The predicted molar refractivity (Wildman–Crippen MR) is 175 cm³/mol. The number of aromatic nitrogens is 3. The van der Waals surface area contributed by atoms with Gasteiger partial charge in [0.05, 0.1) is 35.3 Å². The Morgan fingerprint density at radius 3 is 2.50 bits per heavy atom. The zero-order valence-corrected chi connectivity index (χ0v) is 26.1. The molecule has 3 aromatic carbocycles. The lowest BCUT2D eigenvalue weighted by atomic mass is 10.00. The number of hydrogen-bond acceptors (Lipinski definition) is 7. The van der Waals surface area contributed by atoms with Crippen LogP contribution >= 0.6 is 23.1 Å². The Bertz CT molecular complexity index is 1780. The largest absolute Gasteiger partial charge is 0.348 e. The van der Waals surface area contributed by atoms with E-state index < -0.39 is 0 Å². The summed E-state index contributed by atoms with van der Waals surface area (Å²) in [4.78, 5) is 27.5. The van der Waals surface area contributed by atoms with Gasteiger partial charge in [0.15, 0.2) is 11.0 Å². The number of hydrazone groups is 1. The van der Waals surface area contributed by atoms with Gasteiger partial charge in [0.25, 0.3) is 5.91 Å². The smallest absolute Gasteiger partial charge is 0.253 e. The van der Waals surface area contributed by atoms with Gasteiger partial charge in [-0.1, -0.05) is 90.1 Å². The van der Waals surface area contributed by atoms with Crippen molar-refractivity contribution in [2.45, 2.75) is 44.4 Å². The van der Waals surface area contributed by atoms with Crippen LogP contribution in [0.1, 0.15) is 45.4 Å². The maximum Gasteiger partial charge on any atom is 0.253 e. The van der Waals surface area contributed by atoms with E-state index in [1.165, 1.54) is 17.3 Å². The van der Waals surface area contributed by atoms with Crippen molar-refractivity contribution in [3.05, 3.63) is 129 Å². The first-order chi connectivity index (χ1) is 21.4. The molecule has 1 aliphatic heterocycles. The van der Waals surface area contributed by atoms with Gasteiger partial charge < -0.3 is 5.32 Å². The molecule has 0 aliphatic carbocycles. The highest BCUT2D eigenvalue weighted by molar-refractivity contribution is 7.99. The number of nitrogens with zero attached hydrogens (tertiary/aromatic N) is 5. The number of benzene rings is 3. The summed E-state index contributed by atoms with van der Waals surface area (Å²) in [5, 5.41) is 20.9. The van der Waals surface area contributed by atoms with Gasteiger partial charge in [0, 0.05) is 12.1 Å². The topological polar surface area (TPSA) is 92.5 Å². The fraction of sp³-hybridized carbons (Fsp3) is 0.206. The fourth-order valence-corrected chi connectivity index (χ4v) is 6.67. The second kappa shape index (κ2) is 13.4. The first-order valence-electron chi connectivity index (χ1n) is 14.4. The van der Waals surface area contributed by atoms with Crippen LogP contribution < -0.4 is 5.32 Å². The van der Waals surface area contributed by atoms with Crippen molar-refractivity contribution in [1.82, 2.24) is 25.1 Å². The number of aryl methyl sites for hydroxylation is 2. The molecule has 1 N–H and O–H groups in total. The number of thiophene rings is 1. The van der Waals surface area contributed by atoms with Crippen LogP contribution in [-0.4, -0.2) is 43.1 Å². The summed E-state index contributed by atoms with van der Waals surface area (Å²) in [6.45, 7) is 4.28. The minimum atomic E-state index is -0.175. The molecule has 0 saturated heterocycles. The van der Waals surface area contributed by atoms with E-state index in [-0.39, 0.29) is 36.6 Å². The predicted octanol–water partition coefficient (Wildman–Crippen LogP) is 6.27. The summed E-state index contributed by atoms with van der Waals surface area (Å²) in [5.74, 6) is 0.510. The lowest BCUT2D eigenvalue weighted by Gasteiger charge is -2.22. The van der Waals surface area contributed by atoms with Crippen LogP contribution in [0.3, 0.4) is 0 Å². The molecule has 2 amide bonds. The zero-order valence-electron chi connectivity index (χ0n) is 24.5. The maximum absolute atomic E-state index is 13.8. The minimum Gasteiger partial charge on any atom is -0.348 e. The van der Waals surface area contributed by atoms with Crippen LogP contribution in [-0.2, 0) is 22.6 Å². The van der Waals surface area contributed by atoms with Gasteiger partial charge in [0.2, 0.25) is 5.91 Å². The quantitative estimate of drug-likeness (QED) is 0.186. The van der Waals surface area contributed by atoms with Crippen molar-refractivity contribution in [2.24, 2.45) is 5.10 Å². The van der Waals surface area contributed by atoms with Crippen molar-refractivity contribution >= 4 is 40.6 Å². The summed E-state index contributed by atoms with van der Waals surface area (Å²) in [5.41, 5.74) is 6.03. The molecule has 0 unspecified atom stereocenters. The Morgan fingerprint density at radius 1 is 0.932 bits per heavy atom. The minimum absolute atomic E-state index is 0.102. The average molecular weight is 621 g/mol. The molecular weight excluding hydrogens is 589 g/mol. The highest BCUT2D eigenvalue weighted by Gasteiger charge is 2.33. The molecule has 6 rings (SSSR count). The summed E-state index contributed by atoms with van der Waals surface area (Å²) in [6, 6.07) is 29.8. The number of nitrogens with one attached hydrogen (secondary N) is 1. The molecule has 0 spiro atoms. The van der Waals surface area contributed by atoms with E-state index in [1.807, 2.05) is 83.6 Å². The monoisotopic (exact) mass is 620 g/mol. The van der Waals surface area contributed by atoms with Gasteiger partial charge in [-0.05, 0) is 54.1 Å². The third kappa shape index (κ3) is 6.82. The molecule has 44 heavy (non-hydrogen) atoms. The molecule has 3 heterocycles. The summed E-state index contributed by atoms with van der Waals surface area (Å²) in [6.07, 6.45) is 0.938. The van der Waals surface area contributed by atoms with Gasteiger partial charge >= 0.3 is 0 Å². The Balaban J connectivity index is 1.21. The van der Waals surface area contributed by atoms with Crippen LogP contribution in [0.5, 0.6) is 0 Å². The lowest BCUT2D eigenvalue weighted by Crippen LogP contribution is -2.28. The van der Waals surface area contributed by atoms with Gasteiger partial charge in [-0.15, -0.1) is 21.5 Å². The highest BCUT2D eigenvalue weighted by Crippen LogP contribution is 2.35. The Hall–Kier alpha value is -4.54. The molecule has 0 fully saturated rings. The zero-order chi connectivity index (χ0) is 30.5. The third-order valence-electron chi connectivity index (χ3n) is 7.37. The average Bonchev–Trinajstić information content (AvgIpc) is 3.80. The highest BCUT2D eigenvalue weighted by atomic mass is 32.2. The molecule has 222 valence electrons. The van der Waals surface area contributed by atoms with Gasteiger partial charge in [-0.25, -0.2) is 5.01 Å². The van der Waals surface area contributed by atoms with Crippen LogP contribution in [0, 0.1) is 13.8 Å². The third-order valence-corrected chi connectivity index (χ3v) is 9.20. The van der Waals surface area contributed by atoms with E-state index in [4.69, 9.17) is 5.10 Å². The Kier molecular flexibility index (Phi) is 8.99. The van der Waals surface area contributed by atoms with Gasteiger partial charge in [-0.2, -0.15) is 5.10 Å². The molecule has 0 radical (unpaired) electrons. The van der Waals surface area contributed by atoms with E-state index >= 15 is 0 Å². The van der Waals surface area contributed by atoms with Gasteiger partial charge in [0.1, 0.15) is 0 Å². The molecular formula is C34H32N6O2S2. The van der Waals surface area contributed by atoms with E-state index in [0.717, 1.165) is 33.0 Å². The van der Waals surface area contributed by atoms with Crippen molar-refractivity contribution < 1.29 is 9.59 Å². The molecule has 10 heteroatoms. The first-order valence-corrected chi connectivity index (χ1v) is 16.3. The summed E-state index contributed by atoms with van der Waals surface area (Å²) in [7, 11) is 0. The number of carbonyl (C=O) groups is 2.